The third kappa shape index (κ3) is 7.75. The third-order valence-corrected chi connectivity index (χ3v) is 4.15. The molecule has 0 saturated carbocycles. The van der Waals surface area contributed by atoms with Crippen LogP contribution in [0.15, 0.2) is 47.5 Å². The van der Waals surface area contributed by atoms with Crippen LogP contribution in [0.4, 0.5) is 10.1 Å². The highest BCUT2D eigenvalue weighted by Gasteiger charge is 2.10. The second kappa shape index (κ2) is 13.0. The lowest BCUT2D eigenvalue weighted by Crippen LogP contribution is -2.40. The molecule has 164 valence electrons. The zero-order valence-electron chi connectivity index (χ0n) is 17.1. The normalized spacial score (nSPS) is 10.9. The largest absolute Gasteiger partial charge is 0.494 e. The maximum Gasteiger partial charge on any atom is 0.269 e. The molecule has 0 fully saturated rings. The Morgan fingerprint density at radius 3 is 2.43 bits per heavy atom. The average molecular weight is 532 g/mol. The van der Waals surface area contributed by atoms with E-state index in [9.17, 15) is 14.5 Å². The van der Waals surface area contributed by atoms with Gasteiger partial charge in [0.15, 0.2) is 17.5 Å². The number of nitrogens with zero attached hydrogens (tertiary/aromatic N) is 3. The second-order valence-corrected chi connectivity index (χ2v) is 6.31. The lowest BCUT2D eigenvalue weighted by Gasteiger charge is -2.23. The molecule has 1 N–H and O–H groups in total. The van der Waals surface area contributed by atoms with Gasteiger partial charge in [0.1, 0.15) is 0 Å². The van der Waals surface area contributed by atoms with Gasteiger partial charge in [-0.15, -0.1) is 24.0 Å². The number of ether oxygens (including phenoxy) is 2. The molecule has 0 aromatic heterocycles. The number of nitro groups is 1. The van der Waals surface area contributed by atoms with Crippen LogP contribution in [0.2, 0.25) is 0 Å². The van der Waals surface area contributed by atoms with Gasteiger partial charge in [-0.1, -0.05) is 18.2 Å². The Hall–Kier alpha value is -2.47. The van der Waals surface area contributed by atoms with Crippen molar-refractivity contribution in [3.05, 3.63) is 69.5 Å². The summed E-state index contributed by atoms with van der Waals surface area (Å²) in [6.07, 6.45) is 0. The molecule has 0 saturated heterocycles. The number of hydrogen-bond acceptors (Lipinski definition) is 5. The van der Waals surface area contributed by atoms with Crippen LogP contribution in [0, 0.1) is 15.9 Å². The van der Waals surface area contributed by atoms with Gasteiger partial charge in [0.2, 0.25) is 0 Å². The minimum absolute atomic E-state index is 0. The zero-order valence-corrected chi connectivity index (χ0v) is 19.5. The van der Waals surface area contributed by atoms with Crippen LogP contribution >= 0.6 is 24.0 Å². The number of nitro benzene ring substituents is 1. The van der Waals surface area contributed by atoms with Gasteiger partial charge in [-0.25, -0.2) is 9.38 Å². The summed E-state index contributed by atoms with van der Waals surface area (Å²) in [5.41, 5.74) is 1.64. The topological polar surface area (TPSA) is 89.2 Å². The molecule has 0 spiro atoms. The van der Waals surface area contributed by atoms with Crippen molar-refractivity contribution in [2.24, 2.45) is 4.99 Å². The van der Waals surface area contributed by atoms with E-state index in [0.717, 1.165) is 11.1 Å². The number of hydrogen-bond donors (Lipinski definition) is 1. The van der Waals surface area contributed by atoms with Crippen LogP contribution in [-0.2, 0) is 17.8 Å². The van der Waals surface area contributed by atoms with Gasteiger partial charge in [-0.3, -0.25) is 10.1 Å². The summed E-state index contributed by atoms with van der Waals surface area (Å²) in [5, 5.41) is 14.0. The quantitative estimate of drug-likeness (QED) is 0.133. The van der Waals surface area contributed by atoms with Crippen molar-refractivity contribution in [2.75, 3.05) is 34.4 Å². The summed E-state index contributed by atoms with van der Waals surface area (Å²) in [4.78, 5) is 16.8. The summed E-state index contributed by atoms with van der Waals surface area (Å²) in [5.74, 6) is 0.383. The van der Waals surface area contributed by atoms with E-state index in [2.05, 4.69) is 10.3 Å². The van der Waals surface area contributed by atoms with E-state index in [1.54, 1.807) is 31.4 Å². The maximum atomic E-state index is 14.0. The molecular weight excluding hydrogens is 506 g/mol. The molecule has 0 amide bonds. The average Bonchev–Trinajstić information content (AvgIpc) is 2.71. The van der Waals surface area contributed by atoms with E-state index < -0.39 is 10.7 Å². The zero-order chi connectivity index (χ0) is 21.2. The van der Waals surface area contributed by atoms with E-state index in [1.165, 1.54) is 25.3 Å². The van der Waals surface area contributed by atoms with Crippen LogP contribution in [0.25, 0.3) is 0 Å². The van der Waals surface area contributed by atoms with Gasteiger partial charge in [-0.05, 0) is 23.3 Å². The smallest absolute Gasteiger partial charge is 0.269 e. The second-order valence-electron chi connectivity index (χ2n) is 6.31. The van der Waals surface area contributed by atoms with E-state index in [-0.39, 0.29) is 35.4 Å². The van der Waals surface area contributed by atoms with Crippen molar-refractivity contribution >= 4 is 35.6 Å². The molecule has 0 unspecified atom stereocenters. The number of guanidine groups is 1. The Labute approximate surface area is 192 Å². The molecule has 0 aliphatic carbocycles. The molecule has 0 heterocycles. The van der Waals surface area contributed by atoms with Gasteiger partial charge in [0.05, 0.1) is 25.2 Å². The van der Waals surface area contributed by atoms with E-state index in [4.69, 9.17) is 9.47 Å². The Balaban J connectivity index is 0.00000450. The van der Waals surface area contributed by atoms with Crippen molar-refractivity contribution in [1.29, 1.82) is 0 Å². The van der Waals surface area contributed by atoms with E-state index in [1.807, 2.05) is 11.9 Å². The summed E-state index contributed by atoms with van der Waals surface area (Å²) >= 11 is 0. The number of non-ortho nitro benzene ring substituents is 1. The van der Waals surface area contributed by atoms with E-state index in [0.29, 0.717) is 32.2 Å². The molecule has 0 radical (unpaired) electrons. The maximum absolute atomic E-state index is 14.0. The van der Waals surface area contributed by atoms with Crippen molar-refractivity contribution in [3.63, 3.8) is 0 Å². The fourth-order valence-electron chi connectivity index (χ4n) is 2.62. The highest BCUT2D eigenvalue weighted by Crippen LogP contribution is 2.18. The van der Waals surface area contributed by atoms with Gasteiger partial charge in [0.25, 0.3) is 5.69 Å². The monoisotopic (exact) mass is 532 g/mol. The molecule has 30 heavy (non-hydrogen) atoms. The number of methoxy groups -OCH3 is 2. The first-order valence-electron chi connectivity index (χ1n) is 8.98. The summed E-state index contributed by atoms with van der Waals surface area (Å²) in [6.45, 7) is 1.83. The first-order valence-corrected chi connectivity index (χ1v) is 8.98. The van der Waals surface area contributed by atoms with Gasteiger partial charge in [-0.2, -0.15) is 0 Å². The standard InChI is InChI=1S/C20H25FN4O4.HI/c1-24(14-16-6-9-19(29-3)18(21)12-16)20(22-10-11-28-2)23-13-15-4-7-17(8-5-15)25(26)27;/h4-9,12H,10-11,13-14H2,1-3H3,(H,22,23);1H. The summed E-state index contributed by atoms with van der Waals surface area (Å²) < 4.78 is 24.0. The fraction of sp³-hybridized carbons (Fsp3) is 0.350. The number of aliphatic imine (C=N–C) groups is 1. The molecular formula is C20H26FIN4O4. The summed E-state index contributed by atoms with van der Waals surface area (Å²) in [6, 6.07) is 11.1. The highest BCUT2D eigenvalue weighted by molar-refractivity contribution is 14.0. The van der Waals surface area contributed by atoms with Crippen molar-refractivity contribution < 1.29 is 18.8 Å². The first-order chi connectivity index (χ1) is 13.9. The van der Waals surface area contributed by atoms with Crippen LogP contribution in [0.1, 0.15) is 11.1 Å². The highest BCUT2D eigenvalue weighted by atomic mass is 127. The predicted molar refractivity (Wildman–Crippen MR) is 124 cm³/mol. The predicted octanol–water partition coefficient (Wildman–Crippen LogP) is 3.58. The van der Waals surface area contributed by atoms with Crippen LogP contribution in [-0.4, -0.2) is 50.2 Å². The Kier molecular flexibility index (Phi) is 11.0. The number of halogens is 2. The van der Waals surface area contributed by atoms with Crippen molar-refractivity contribution in [1.82, 2.24) is 10.2 Å². The Morgan fingerprint density at radius 1 is 1.20 bits per heavy atom. The Morgan fingerprint density at radius 2 is 1.87 bits per heavy atom. The summed E-state index contributed by atoms with van der Waals surface area (Å²) in [7, 11) is 4.88. The Bertz CT molecular complexity index is 849. The van der Waals surface area contributed by atoms with Gasteiger partial charge in [0, 0.05) is 39.4 Å². The van der Waals surface area contributed by atoms with Crippen molar-refractivity contribution in [3.8, 4) is 5.75 Å². The molecule has 0 bridgehead atoms. The molecule has 2 rings (SSSR count). The molecule has 0 atom stereocenters. The molecule has 8 nitrogen and oxygen atoms in total. The number of rotatable bonds is 9. The first kappa shape index (κ1) is 25.6. The lowest BCUT2D eigenvalue weighted by molar-refractivity contribution is -0.384. The number of benzene rings is 2. The van der Waals surface area contributed by atoms with E-state index >= 15 is 0 Å². The molecule has 0 aliphatic rings. The minimum Gasteiger partial charge on any atom is -0.494 e. The lowest BCUT2D eigenvalue weighted by atomic mass is 10.2. The minimum atomic E-state index is -0.438. The molecule has 2 aromatic carbocycles. The molecule has 0 aliphatic heterocycles. The van der Waals surface area contributed by atoms with Crippen LogP contribution in [0.5, 0.6) is 5.75 Å². The third-order valence-electron chi connectivity index (χ3n) is 4.15. The van der Waals surface area contributed by atoms with Crippen molar-refractivity contribution in [2.45, 2.75) is 13.1 Å². The number of nitrogens with one attached hydrogen (secondary N) is 1. The molecule has 10 heteroatoms. The SMILES string of the molecule is COCCNC(=NCc1ccc([N+](=O)[O-])cc1)N(C)Cc1ccc(OC)c(F)c1.I. The molecule has 2 aromatic rings. The van der Waals surface area contributed by atoms with Crippen LogP contribution in [0.3, 0.4) is 0 Å². The van der Waals surface area contributed by atoms with Gasteiger partial charge >= 0.3 is 0 Å². The van der Waals surface area contributed by atoms with Crippen LogP contribution < -0.4 is 10.1 Å². The van der Waals surface area contributed by atoms with Gasteiger partial charge < -0.3 is 19.7 Å². The fourth-order valence-corrected chi connectivity index (χ4v) is 2.62.